The summed E-state index contributed by atoms with van der Waals surface area (Å²) in [4.78, 5) is 22.3. The highest BCUT2D eigenvalue weighted by atomic mass is 79.9. The summed E-state index contributed by atoms with van der Waals surface area (Å²) >= 11 is 3.52. The van der Waals surface area contributed by atoms with Crippen LogP contribution in [0.15, 0.2) is 17.0 Å². The fraction of sp³-hybridized carbons (Fsp3) is 0.533. The number of carbonyl (C=O) groups excluding carboxylic acids is 1. The van der Waals surface area contributed by atoms with Crippen LogP contribution in [0.1, 0.15) is 30.3 Å². The maximum absolute atomic E-state index is 11.5. The predicted molar refractivity (Wildman–Crippen MR) is 89.5 cm³/mol. The molecule has 0 bridgehead atoms. The molecule has 1 aliphatic rings. The second-order valence-corrected chi connectivity index (χ2v) is 5.97. The topological polar surface area (TPSA) is 80.0 Å². The molecular formula is C15H21BrN4O3. The molecule has 3 rings (SSSR count). The van der Waals surface area contributed by atoms with Gasteiger partial charge in [-0.05, 0) is 35.7 Å². The molecule has 1 N–H and O–H groups in total. The van der Waals surface area contributed by atoms with E-state index in [4.69, 9.17) is 9.84 Å². The molecular weight excluding hydrogens is 364 g/mol. The number of carbonyl (C=O) groups is 1. The van der Waals surface area contributed by atoms with Crippen LogP contribution >= 0.6 is 15.9 Å². The van der Waals surface area contributed by atoms with E-state index in [9.17, 15) is 4.79 Å². The number of piperidine rings is 1. The van der Waals surface area contributed by atoms with Gasteiger partial charge in [0.1, 0.15) is 15.9 Å². The molecule has 0 spiro atoms. The molecule has 0 aromatic carbocycles. The number of imidazole rings is 1. The molecule has 23 heavy (non-hydrogen) atoms. The van der Waals surface area contributed by atoms with Crippen LogP contribution < -0.4 is 0 Å². The Morgan fingerprint density at radius 2 is 2.04 bits per heavy atom. The fourth-order valence-electron chi connectivity index (χ4n) is 2.91. The predicted octanol–water partition coefficient (Wildman–Crippen LogP) is 2.35. The number of aromatic nitrogens is 3. The number of methoxy groups -OCH3 is 1. The summed E-state index contributed by atoms with van der Waals surface area (Å²) in [5, 5.41) is 7.00. The van der Waals surface area contributed by atoms with Gasteiger partial charge in [-0.3, -0.25) is 9.38 Å². The summed E-state index contributed by atoms with van der Waals surface area (Å²) in [5.74, 6) is 1.37. The Hall–Kier alpha value is -1.67. The maximum Gasteiger partial charge on any atom is 0.409 e. The summed E-state index contributed by atoms with van der Waals surface area (Å²) in [6.07, 6.45) is 5.28. The van der Waals surface area contributed by atoms with E-state index in [-0.39, 0.29) is 6.09 Å². The number of hydrogen-bond acceptors (Lipinski definition) is 5. The van der Waals surface area contributed by atoms with Crippen molar-refractivity contribution >= 4 is 27.5 Å². The number of nitrogens with zero attached hydrogens (tertiary/aromatic N) is 4. The number of aryl methyl sites for hydroxylation is 1. The second kappa shape index (κ2) is 7.74. The summed E-state index contributed by atoms with van der Waals surface area (Å²) in [6.45, 7) is 3.38. The Bertz CT molecular complexity index is 681. The van der Waals surface area contributed by atoms with Gasteiger partial charge < -0.3 is 14.7 Å². The number of halogens is 1. The Morgan fingerprint density at radius 3 is 2.65 bits per heavy atom. The van der Waals surface area contributed by atoms with Crippen LogP contribution in [0.4, 0.5) is 4.79 Å². The summed E-state index contributed by atoms with van der Waals surface area (Å²) < 4.78 is 7.71. The molecule has 2 aromatic rings. The lowest BCUT2D eigenvalue weighted by molar-refractivity contribution is 0.111. The summed E-state index contributed by atoms with van der Waals surface area (Å²) in [6, 6.07) is 0. The zero-order valence-corrected chi connectivity index (χ0v) is 15.1. The first-order valence-electron chi connectivity index (χ1n) is 7.38. The first-order chi connectivity index (χ1) is 11.1. The molecule has 7 nitrogen and oxygen atoms in total. The van der Waals surface area contributed by atoms with E-state index >= 15 is 0 Å². The van der Waals surface area contributed by atoms with Gasteiger partial charge >= 0.3 is 6.09 Å². The van der Waals surface area contributed by atoms with Crippen molar-refractivity contribution in [2.45, 2.75) is 25.7 Å². The van der Waals surface area contributed by atoms with Gasteiger partial charge in [-0.2, -0.15) is 0 Å². The number of rotatable bonds is 1. The number of aliphatic hydroxyl groups is 1. The minimum atomic E-state index is -0.248. The van der Waals surface area contributed by atoms with Crippen LogP contribution in [0, 0.1) is 6.92 Å². The molecule has 1 amide bonds. The zero-order valence-electron chi connectivity index (χ0n) is 13.5. The van der Waals surface area contributed by atoms with E-state index in [1.54, 1.807) is 11.1 Å². The molecule has 126 valence electrons. The minimum absolute atomic E-state index is 0.248. The largest absolute Gasteiger partial charge is 0.453 e. The normalized spacial score (nSPS) is 15.3. The summed E-state index contributed by atoms with van der Waals surface area (Å²) in [7, 11) is 2.42. The van der Waals surface area contributed by atoms with E-state index in [0.29, 0.717) is 19.0 Å². The molecule has 0 atom stereocenters. The van der Waals surface area contributed by atoms with Crippen LogP contribution in [0.25, 0.3) is 5.52 Å². The smallest absolute Gasteiger partial charge is 0.409 e. The SMILES string of the molecule is CO.COC(=O)N1CCC(c2nc(Br)c3c(C)nccn23)CC1. The molecule has 8 heteroatoms. The van der Waals surface area contributed by atoms with Crippen LogP contribution in [0.5, 0.6) is 0 Å². The Morgan fingerprint density at radius 1 is 1.39 bits per heavy atom. The highest BCUT2D eigenvalue weighted by Crippen LogP contribution is 2.31. The molecule has 1 fully saturated rings. The van der Waals surface area contributed by atoms with Crippen molar-refractivity contribution in [2.75, 3.05) is 27.3 Å². The number of fused-ring (bicyclic) bond motifs is 1. The molecule has 3 heterocycles. The van der Waals surface area contributed by atoms with Crippen LogP contribution in [-0.2, 0) is 4.74 Å². The number of aliphatic hydroxyl groups excluding tert-OH is 1. The van der Waals surface area contributed by atoms with Gasteiger partial charge in [-0.25, -0.2) is 9.78 Å². The van der Waals surface area contributed by atoms with Gasteiger partial charge in [0.25, 0.3) is 0 Å². The monoisotopic (exact) mass is 384 g/mol. The van der Waals surface area contributed by atoms with Gasteiger partial charge in [-0.1, -0.05) is 0 Å². The van der Waals surface area contributed by atoms with E-state index in [1.165, 1.54) is 7.11 Å². The van der Waals surface area contributed by atoms with Gasteiger partial charge in [0.15, 0.2) is 0 Å². The molecule has 0 aliphatic carbocycles. The number of likely N-dealkylation sites (tertiary alicyclic amines) is 1. The van der Waals surface area contributed by atoms with Crippen LogP contribution in [0.3, 0.4) is 0 Å². The van der Waals surface area contributed by atoms with Crippen molar-refractivity contribution in [3.63, 3.8) is 0 Å². The van der Waals surface area contributed by atoms with Crippen molar-refractivity contribution in [2.24, 2.45) is 0 Å². The lowest BCUT2D eigenvalue weighted by Crippen LogP contribution is -2.38. The van der Waals surface area contributed by atoms with Gasteiger partial charge in [0, 0.05) is 38.5 Å². The highest BCUT2D eigenvalue weighted by molar-refractivity contribution is 9.10. The van der Waals surface area contributed by atoms with Crippen molar-refractivity contribution in [1.82, 2.24) is 19.3 Å². The second-order valence-electron chi connectivity index (χ2n) is 5.22. The third kappa shape index (κ3) is 3.48. The van der Waals surface area contributed by atoms with Gasteiger partial charge in [0.05, 0.1) is 12.8 Å². The minimum Gasteiger partial charge on any atom is -0.453 e. The van der Waals surface area contributed by atoms with Crippen molar-refractivity contribution < 1.29 is 14.6 Å². The van der Waals surface area contributed by atoms with Gasteiger partial charge in [0.2, 0.25) is 0 Å². The average molecular weight is 385 g/mol. The molecule has 0 saturated carbocycles. The van der Waals surface area contributed by atoms with E-state index < -0.39 is 0 Å². The van der Waals surface area contributed by atoms with Crippen LogP contribution in [-0.4, -0.2) is 57.8 Å². The first kappa shape index (κ1) is 17.7. The molecule has 2 aromatic heterocycles. The quantitative estimate of drug-likeness (QED) is 0.815. The van der Waals surface area contributed by atoms with Crippen molar-refractivity contribution in [3.8, 4) is 0 Å². The van der Waals surface area contributed by atoms with Crippen molar-refractivity contribution in [3.05, 3.63) is 28.5 Å². The average Bonchev–Trinajstić information content (AvgIpc) is 2.94. The molecule has 0 radical (unpaired) electrons. The fourth-order valence-corrected chi connectivity index (χ4v) is 3.57. The van der Waals surface area contributed by atoms with E-state index in [1.807, 2.05) is 13.1 Å². The third-order valence-electron chi connectivity index (χ3n) is 4.02. The zero-order chi connectivity index (χ0) is 17.0. The lowest BCUT2D eigenvalue weighted by Gasteiger charge is -2.30. The number of hydrogen-bond donors (Lipinski definition) is 1. The number of ether oxygens (including phenoxy) is 1. The Labute approximate surface area is 143 Å². The maximum atomic E-state index is 11.5. The Kier molecular flexibility index (Phi) is 5.95. The van der Waals surface area contributed by atoms with E-state index in [2.05, 4.69) is 30.3 Å². The summed E-state index contributed by atoms with van der Waals surface area (Å²) in [5.41, 5.74) is 1.97. The van der Waals surface area contributed by atoms with Crippen LogP contribution in [0.2, 0.25) is 0 Å². The number of amides is 1. The van der Waals surface area contributed by atoms with E-state index in [0.717, 1.165) is 41.6 Å². The lowest BCUT2D eigenvalue weighted by atomic mass is 9.96. The molecule has 0 unspecified atom stereocenters. The Balaban J connectivity index is 0.000000924. The molecule has 1 aliphatic heterocycles. The van der Waals surface area contributed by atoms with Crippen molar-refractivity contribution in [1.29, 1.82) is 0 Å². The van der Waals surface area contributed by atoms with Gasteiger partial charge in [-0.15, -0.1) is 0 Å². The standard InChI is InChI=1S/C14H17BrN4O2.CH4O/c1-9-11-12(15)17-13(19(11)8-5-16-9)10-3-6-18(7-4-10)14(20)21-2;1-2/h5,8,10H,3-4,6-7H2,1-2H3;2H,1H3. The highest BCUT2D eigenvalue weighted by Gasteiger charge is 2.27. The third-order valence-corrected chi connectivity index (χ3v) is 4.57. The first-order valence-corrected chi connectivity index (χ1v) is 8.17. The molecule has 1 saturated heterocycles.